The van der Waals surface area contributed by atoms with Gasteiger partial charge in [0.1, 0.15) is 11.5 Å². The first-order valence-corrected chi connectivity index (χ1v) is 5.84. The molecule has 4 nitrogen and oxygen atoms in total. The van der Waals surface area contributed by atoms with Crippen LogP contribution in [0.25, 0.3) is 0 Å². The van der Waals surface area contributed by atoms with Crippen molar-refractivity contribution >= 4 is 0 Å². The molecule has 2 rings (SSSR count). The van der Waals surface area contributed by atoms with Gasteiger partial charge in [0, 0.05) is 24.2 Å². The van der Waals surface area contributed by atoms with Crippen molar-refractivity contribution in [1.29, 1.82) is 0 Å². The zero-order valence-electron chi connectivity index (χ0n) is 10.5. The fourth-order valence-electron chi connectivity index (χ4n) is 2.26. The van der Waals surface area contributed by atoms with Crippen LogP contribution in [0.1, 0.15) is 22.8 Å². The molecule has 94 valence electrons. The third kappa shape index (κ3) is 2.23. The summed E-state index contributed by atoms with van der Waals surface area (Å²) in [6.07, 6.45) is -0.0756. The second-order valence-electron chi connectivity index (χ2n) is 4.35. The third-order valence-electron chi connectivity index (χ3n) is 3.22. The zero-order valence-corrected chi connectivity index (χ0v) is 10.5. The van der Waals surface area contributed by atoms with Gasteiger partial charge in [-0.3, -0.25) is 0 Å². The highest BCUT2D eigenvalue weighted by Crippen LogP contribution is 2.38. The molecule has 1 heterocycles. The Morgan fingerprint density at radius 2 is 2.24 bits per heavy atom. The molecule has 0 amide bonds. The summed E-state index contributed by atoms with van der Waals surface area (Å²) >= 11 is 0. The van der Waals surface area contributed by atoms with E-state index in [4.69, 9.17) is 9.47 Å². The number of hydrogen-bond donors (Lipinski definition) is 2. The SMILES string of the molecule is COc1cc(C)c(C2CNCCO2)c(O)c1C. The largest absolute Gasteiger partial charge is 0.507 e. The van der Waals surface area contributed by atoms with Crippen LogP contribution in [0.2, 0.25) is 0 Å². The first-order valence-electron chi connectivity index (χ1n) is 5.84. The van der Waals surface area contributed by atoms with Gasteiger partial charge in [0.15, 0.2) is 0 Å². The maximum Gasteiger partial charge on any atom is 0.128 e. The first-order chi connectivity index (χ1) is 8.15. The van der Waals surface area contributed by atoms with Crippen molar-refractivity contribution in [2.75, 3.05) is 26.8 Å². The number of aromatic hydroxyl groups is 1. The van der Waals surface area contributed by atoms with Gasteiger partial charge in [-0.1, -0.05) is 0 Å². The van der Waals surface area contributed by atoms with Crippen molar-refractivity contribution in [2.45, 2.75) is 20.0 Å². The molecule has 0 saturated carbocycles. The molecule has 2 N–H and O–H groups in total. The third-order valence-corrected chi connectivity index (χ3v) is 3.22. The second-order valence-corrected chi connectivity index (χ2v) is 4.35. The van der Waals surface area contributed by atoms with E-state index < -0.39 is 0 Å². The molecule has 17 heavy (non-hydrogen) atoms. The van der Waals surface area contributed by atoms with E-state index in [1.54, 1.807) is 7.11 Å². The molecule has 0 spiro atoms. The minimum absolute atomic E-state index is 0.0756. The van der Waals surface area contributed by atoms with Gasteiger partial charge < -0.3 is 19.9 Å². The fraction of sp³-hybridized carbons (Fsp3) is 0.538. The van der Waals surface area contributed by atoms with Crippen molar-refractivity contribution in [1.82, 2.24) is 5.32 Å². The lowest BCUT2D eigenvalue weighted by atomic mass is 9.97. The number of aryl methyl sites for hydroxylation is 1. The minimum atomic E-state index is -0.0756. The summed E-state index contributed by atoms with van der Waals surface area (Å²) < 4.78 is 10.9. The summed E-state index contributed by atoms with van der Waals surface area (Å²) in [7, 11) is 1.61. The molecule has 1 atom stereocenters. The fourth-order valence-corrected chi connectivity index (χ4v) is 2.26. The monoisotopic (exact) mass is 237 g/mol. The molecule has 4 heteroatoms. The Morgan fingerprint density at radius 1 is 1.47 bits per heavy atom. The number of morpholine rings is 1. The number of hydrogen-bond acceptors (Lipinski definition) is 4. The molecule has 1 aromatic rings. The standard InChI is InChI=1S/C13H19NO3/c1-8-6-10(16-3)9(2)13(15)12(8)11-7-14-4-5-17-11/h6,11,14-15H,4-5,7H2,1-3H3. The van der Waals surface area contributed by atoms with Crippen LogP contribution in [0, 0.1) is 13.8 Å². The van der Waals surface area contributed by atoms with Gasteiger partial charge in [0.25, 0.3) is 0 Å². The Balaban J connectivity index is 2.42. The molecule has 1 aliphatic rings. The quantitative estimate of drug-likeness (QED) is 0.821. The van der Waals surface area contributed by atoms with Crippen molar-refractivity contribution in [3.63, 3.8) is 0 Å². The molecule has 0 aliphatic carbocycles. The molecular weight excluding hydrogens is 218 g/mol. The summed E-state index contributed by atoms with van der Waals surface area (Å²) in [6.45, 7) is 6.10. The Labute approximate surface area is 102 Å². The van der Waals surface area contributed by atoms with Crippen molar-refractivity contribution in [2.24, 2.45) is 0 Å². The average Bonchev–Trinajstić information content (AvgIpc) is 2.35. The number of benzene rings is 1. The van der Waals surface area contributed by atoms with Crippen LogP contribution in [0.15, 0.2) is 6.07 Å². The van der Waals surface area contributed by atoms with Crippen LogP contribution in [-0.2, 0) is 4.74 Å². The molecule has 1 fully saturated rings. The average molecular weight is 237 g/mol. The maximum atomic E-state index is 10.3. The molecule has 1 saturated heterocycles. The predicted octanol–water partition coefficient (Wildman–Crippen LogP) is 1.68. The highest BCUT2D eigenvalue weighted by Gasteiger charge is 2.23. The van der Waals surface area contributed by atoms with Gasteiger partial charge >= 0.3 is 0 Å². The molecule has 1 aromatic carbocycles. The Bertz CT molecular complexity index is 412. The lowest BCUT2D eigenvalue weighted by molar-refractivity contribution is 0.0258. The lowest BCUT2D eigenvalue weighted by Gasteiger charge is -2.27. The van der Waals surface area contributed by atoms with Crippen molar-refractivity contribution < 1.29 is 14.6 Å². The summed E-state index contributed by atoms with van der Waals surface area (Å²) in [4.78, 5) is 0. The molecular formula is C13H19NO3. The van der Waals surface area contributed by atoms with Crippen molar-refractivity contribution in [3.05, 3.63) is 22.8 Å². The summed E-state index contributed by atoms with van der Waals surface area (Å²) in [5, 5.41) is 13.5. The molecule has 0 radical (unpaired) electrons. The smallest absolute Gasteiger partial charge is 0.128 e. The van der Waals surface area contributed by atoms with Crippen LogP contribution < -0.4 is 10.1 Å². The number of nitrogens with one attached hydrogen (secondary N) is 1. The topological polar surface area (TPSA) is 50.7 Å². The van der Waals surface area contributed by atoms with E-state index in [0.29, 0.717) is 12.4 Å². The number of ether oxygens (including phenoxy) is 2. The summed E-state index contributed by atoms with van der Waals surface area (Å²) in [5.74, 6) is 1.00. The van der Waals surface area contributed by atoms with E-state index in [2.05, 4.69) is 5.32 Å². The van der Waals surface area contributed by atoms with Crippen LogP contribution >= 0.6 is 0 Å². The first kappa shape index (κ1) is 12.2. The highest BCUT2D eigenvalue weighted by atomic mass is 16.5. The normalized spacial score (nSPS) is 20.3. The van der Waals surface area contributed by atoms with Crippen LogP contribution in [0.4, 0.5) is 0 Å². The van der Waals surface area contributed by atoms with Gasteiger partial charge in [0.2, 0.25) is 0 Å². The minimum Gasteiger partial charge on any atom is -0.507 e. The van der Waals surface area contributed by atoms with Gasteiger partial charge in [0.05, 0.1) is 19.8 Å². The number of methoxy groups -OCH3 is 1. The van der Waals surface area contributed by atoms with Gasteiger partial charge in [-0.25, -0.2) is 0 Å². The van der Waals surface area contributed by atoms with E-state index in [0.717, 1.165) is 29.8 Å². The Kier molecular flexibility index (Phi) is 3.54. The molecule has 0 bridgehead atoms. The Hall–Kier alpha value is -1.26. The van der Waals surface area contributed by atoms with Gasteiger partial charge in [-0.2, -0.15) is 0 Å². The number of phenols is 1. The van der Waals surface area contributed by atoms with Gasteiger partial charge in [-0.15, -0.1) is 0 Å². The van der Waals surface area contributed by atoms with E-state index in [-0.39, 0.29) is 11.9 Å². The van der Waals surface area contributed by atoms with E-state index in [1.807, 2.05) is 19.9 Å². The van der Waals surface area contributed by atoms with E-state index in [1.165, 1.54) is 0 Å². The highest BCUT2D eigenvalue weighted by molar-refractivity contribution is 5.53. The second kappa shape index (κ2) is 4.94. The number of phenolic OH excluding ortho intramolecular Hbond substituents is 1. The predicted molar refractivity (Wildman–Crippen MR) is 65.7 cm³/mol. The van der Waals surface area contributed by atoms with Crippen LogP contribution in [-0.4, -0.2) is 31.9 Å². The molecule has 0 aromatic heterocycles. The summed E-state index contributed by atoms with van der Waals surface area (Å²) in [6, 6.07) is 1.95. The lowest BCUT2D eigenvalue weighted by Crippen LogP contribution is -2.33. The van der Waals surface area contributed by atoms with E-state index in [9.17, 15) is 5.11 Å². The van der Waals surface area contributed by atoms with Crippen molar-refractivity contribution in [3.8, 4) is 11.5 Å². The van der Waals surface area contributed by atoms with E-state index >= 15 is 0 Å². The Morgan fingerprint density at radius 3 is 2.82 bits per heavy atom. The van der Waals surface area contributed by atoms with Gasteiger partial charge in [-0.05, 0) is 25.5 Å². The number of rotatable bonds is 2. The molecule has 1 unspecified atom stereocenters. The van der Waals surface area contributed by atoms with Crippen LogP contribution in [0.5, 0.6) is 11.5 Å². The zero-order chi connectivity index (χ0) is 12.4. The van der Waals surface area contributed by atoms with Crippen LogP contribution in [0.3, 0.4) is 0 Å². The summed E-state index contributed by atoms with van der Waals surface area (Å²) in [5.41, 5.74) is 2.64. The maximum absolute atomic E-state index is 10.3. The molecule has 1 aliphatic heterocycles.